The van der Waals surface area contributed by atoms with E-state index in [0.29, 0.717) is 28.7 Å². The second-order valence-corrected chi connectivity index (χ2v) is 8.67. The van der Waals surface area contributed by atoms with E-state index in [2.05, 4.69) is 30.7 Å². The molecule has 0 amide bonds. The van der Waals surface area contributed by atoms with Gasteiger partial charge < -0.3 is 9.52 Å². The number of aliphatic imine (C=N–C) groups is 1. The van der Waals surface area contributed by atoms with E-state index in [4.69, 9.17) is 4.42 Å². The number of rotatable bonds is 5. The van der Waals surface area contributed by atoms with Crippen LogP contribution in [-0.2, 0) is 5.41 Å². The molecule has 3 aromatic carbocycles. The number of nitro benzene ring substituents is 2. The van der Waals surface area contributed by atoms with E-state index >= 15 is 0 Å². The van der Waals surface area contributed by atoms with Gasteiger partial charge in [-0.15, -0.1) is 0 Å². The number of hydrogen-bond acceptors (Lipinski definition) is 8. The highest BCUT2D eigenvalue weighted by Crippen LogP contribution is 2.34. The second kappa shape index (κ2) is 8.39. The van der Waals surface area contributed by atoms with Gasteiger partial charge in [-0.3, -0.25) is 25.2 Å². The van der Waals surface area contributed by atoms with Gasteiger partial charge in [-0.2, -0.15) is 0 Å². The lowest BCUT2D eigenvalue weighted by atomic mass is 9.87. The second-order valence-electron chi connectivity index (χ2n) is 8.67. The molecule has 0 aliphatic rings. The zero-order chi connectivity index (χ0) is 24.6. The first-order chi connectivity index (χ1) is 16.0. The number of aromatic nitrogens is 1. The number of benzene rings is 3. The minimum atomic E-state index is -0.892. The molecule has 0 atom stereocenters. The van der Waals surface area contributed by atoms with E-state index in [1.165, 1.54) is 5.56 Å². The van der Waals surface area contributed by atoms with Crippen molar-refractivity contribution in [1.29, 1.82) is 0 Å². The molecular weight excluding hydrogens is 440 g/mol. The third-order valence-electron chi connectivity index (χ3n) is 5.23. The van der Waals surface area contributed by atoms with Crippen molar-refractivity contribution in [3.8, 4) is 17.2 Å². The van der Waals surface area contributed by atoms with Gasteiger partial charge >= 0.3 is 5.69 Å². The van der Waals surface area contributed by atoms with Crippen LogP contribution in [0, 0.1) is 20.2 Å². The zero-order valence-electron chi connectivity index (χ0n) is 18.6. The lowest BCUT2D eigenvalue weighted by Crippen LogP contribution is -2.10. The van der Waals surface area contributed by atoms with Crippen LogP contribution in [0.4, 0.5) is 17.1 Å². The first-order valence-corrected chi connectivity index (χ1v) is 10.2. The molecule has 0 aliphatic carbocycles. The maximum absolute atomic E-state index is 11.1. The number of non-ortho nitro benzene ring substituents is 1. The van der Waals surface area contributed by atoms with E-state index in [9.17, 15) is 25.3 Å². The normalized spacial score (nSPS) is 11.9. The van der Waals surface area contributed by atoms with Crippen molar-refractivity contribution in [3.05, 3.63) is 86.0 Å². The van der Waals surface area contributed by atoms with E-state index in [1.807, 2.05) is 24.3 Å². The fraction of sp³-hybridized carbons (Fsp3) is 0.167. The quantitative estimate of drug-likeness (QED) is 0.216. The van der Waals surface area contributed by atoms with Gasteiger partial charge in [-0.25, -0.2) is 4.98 Å². The number of phenolic OH excluding ortho intramolecular Hbond substituents is 1. The maximum atomic E-state index is 11.1. The molecule has 0 radical (unpaired) electrons. The van der Waals surface area contributed by atoms with Gasteiger partial charge in [-0.1, -0.05) is 32.9 Å². The van der Waals surface area contributed by atoms with Crippen LogP contribution in [-0.4, -0.2) is 26.2 Å². The molecule has 34 heavy (non-hydrogen) atoms. The number of nitrogens with zero attached hydrogens (tertiary/aromatic N) is 4. The smallest absolute Gasteiger partial charge is 0.318 e. The Morgan fingerprint density at radius 1 is 1.00 bits per heavy atom. The number of fused-ring (bicyclic) bond motifs is 1. The Morgan fingerprint density at radius 2 is 1.71 bits per heavy atom. The molecule has 0 saturated carbocycles. The van der Waals surface area contributed by atoms with Crippen molar-refractivity contribution in [3.63, 3.8) is 0 Å². The largest absolute Gasteiger partial charge is 0.502 e. The molecule has 0 unspecified atom stereocenters. The summed E-state index contributed by atoms with van der Waals surface area (Å²) in [4.78, 5) is 29.2. The third-order valence-corrected chi connectivity index (χ3v) is 5.23. The molecule has 0 spiro atoms. The number of oxazole rings is 1. The van der Waals surface area contributed by atoms with Crippen LogP contribution < -0.4 is 0 Å². The van der Waals surface area contributed by atoms with Crippen LogP contribution >= 0.6 is 0 Å². The fourth-order valence-corrected chi connectivity index (χ4v) is 3.35. The van der Waals surface area contributed by atoms with Crippen LogP contribution in [0.5, 0.6) is 5.75 Å². The molecule has 0 saturated heterocycles. The number of nitro groups is 2. The topological polar surface area (TPSA) is 145 Å². The summed E-state index contributed by atoms with van der Waals surface area (Å²) in [5, 5.41) is 32.3. The summed E-state index contributed by atoms with van der Waals surface area (Å²) in [6.45, 7) is 6.40. The predicted molar refractivity (Wildman–Crippen MR) is 127 cm³/mol. The van der Waals surface area contributed by atoms with Gasteiger partial charge in [-0.05, 0) is 41.3 Å². The lowest BCUT2D eigenvalue weighted by Gasteiger charge is -2.18. The fourth-order valence-electron chi connectivity index (χ4n) is 3.35. The molecule has 1 N–H and O–H groups in total. The monoisotopic (exact) mass is 460 g/mol. The Bertz CT molecular complexity index is 1450. The molecule has 10 nitrogen and oxygen atoms in total. The highest BCUT2D eigenvalue weighted by atomic mass is 16.6. The molecule has 1 aromatic heterocycles. The SMILES string of the molecule is CC(C)(C)c1ccc(-c2nc3cc(N=Cc4cc([N+](=O)[O-])cc([N+](=O)[O-])c4O)ccc3o2)cc1. The van der Waals surface area contributed by atoms with Crippen LogP contribution in [0.15, 0.2) is 64.0 Å². The van der Waals surface area contributed by atoms with Gasteiger partial charge in [0.15, 0.2) is 5.58 Å². The molecule has 4 aromatic rings. The predicted octanol–water partition coefficient (Wildman–Crippen LogP) is 6.06. The molecule has 1 heterocycles. The summed E-state index contributed by atoms with van der Waals surface area (Å²) in [5.41, 5.74) is 2.09. The molecule has 4 rings (SSSR count). The minimum Gasteiger partial charge on any atom is -0.502 e. The van der Waals surface area contributed by atoms with Crippen molar-refractivity contribution in [2.45, 2.75) is 26.2 Å². The van der Waals surface area contributed by atoms with Crippen molar-refractivity contribution in [1.82, 2.24) is 4.98 Å². The van der Waals surface area contributed by atoms with Gasteiger partial charge in [0.2, 0.25) is 11.6 Å². The first kappa shape index (κ1) is 22.6. The number of hydrogen-bond donors (Lipinski definition) is 1. The Kier molecular flexibility index (Phi) is 5.58. The Morgan fingerprint density at radius 3 is 2.32 bits per heavy atom. The Balaban J connectivity index is 1.66. The van der Waals surface area contributed by atoms with E-state index < -0.39 is 27.0 Å². The molecule has 0 bridgehead atoms. The summed E-state index contributed by atoms with van der Waals surface area (Å²) in [6.07, 6.45) is 1.13. The Hall–Kier alpha value is -4.60. The van der Waals surface area contributed by atoms with Crippen LogP contribution in [0.3, 0.4) is 0 Å². The molecule has 172 valence electrons. The van der Waals surface area contributed by atoms with Crippen molar-refractivity contribution < 1.29 is 19.4 Å². The standard InChI is InChI=1S/C24H20N4O6/c1-24(2,3)16-6-4-14(5-7-16)23-26-19-11-17(8-9-21(19)34-23)25-13-15-10-18(27(30)31)12-20(22(15)29)28(32)33/h4-13,29H,1-3H3. The van der Waals surface area contributed by atoms with Gasteiger partial charge in [0.05, 0.1) is 21.6 Å². The van der Waals surface area contributed by atoms with Crippen LogP contribution in [0.2, 0.25) is 0 Å². The summed E-state index contributed by atoms with van der Waals surface area (Å²) < 4.78 is 5.85. The maximum Gasteiger partial charge on any atom is 0.318 e. The average Bonchev–Trinajstić information content (AvgIpc) is 3.21. The van der Waals surface area contributed by atoms with E-state index in [-0.39, 0.29) is 11.0 Å². The lowest BCUT2D eigenvalue weighted by molar-refractivity contribution is -0.394. The Labute approximate surface area is 193 Å². The molecule has 0 fully saturated rings. The third kappa shape index (κ3) is 4.46. The highest BCUT2D eigenvalue weighted by molar-refractivity contribution is 5.89. The minimum absolute atomic E-state index is 0.0286. The molecule has 10 heteroatoms. The van der Waals surface area contributed by atoms with Gasteiger partial charge in [0.25, 0.3) is 5.69 Å². The first-order valence-electron chi connectivity index (χ1n) is 10.2. The summed E-state index contributed by atoms with van der Waals surface area (Å²) in [7, 11) is 0. The zero-order valence-corrected chi connectivity index (χ0v) is 18.6. The van der Waals surface area contributed by atoms with Crippen molar-refractivity contribution >= 4 is 34.4 Å². The number of phenols is 1. The molecular formula is C24H20N4O6. The van der Waals surface area contributed by atoms with E-state index in [0.717, 1.165) is 17.8 Å². The van der Waals surface area contributed by atoms with Gasteiger partial charge in [0, 0.05) is 23.4 Å². The summed E-state index contributed by atoms with van der Waals surface area (Å²) in [6, 6.07) is 14.6. The van der Waals surface area contributed by atoms with E-state index in [1.54, 1.807) is 18.2 Å². The van der Waals surface area contributed by atoms with Crippen molar-refractivity contribution in [2.24, 2.45) is 4.99 Å². The summed E-state index contributed by atoms with van der Waals surface area (Å²) >= 11 is 0. The highest BCUT2D eigenvalue weighted by Gasteiger charge is 2.23. The van der Waals surface area contributed by atoms with Crippen molar-refractivity contribution in [2.75, 3.05) is 0 Å². The van der Waals surface area contributed by atoms with Crippen LogP contribution in [0.25, 0.3) is 22.6 Å². The number of aromatic hydroxyl groups is 1. The summed E-state index contributed by atoms with van der Waals surface area (Å²) in [5.74, 6) is -0.258. The van der Waals surface area contributed by atoms with Gasteiger partial charge in [0.1, 0.15) is 5.52 Å². The molecule has 0 aliphatic heterocycles. The average molecular weight is 460 g/mol. The van der Waals surface area contributed by atoms with Crippen LogP contribution in [0.1, 0.15) is 31.9 Å².